The van der Waals surface area contributed by atoms with Crippen molar-refractivity contribution in [2.75, 3.05) is 19.6 Å². The molecule has 0 amide bonds. The van der Waals surface area contributed by atoms with E-state index in [2.05, 4.69) is 48.3 Å². The zero-order valence-corrected chi connectivity index (χ0v) is 13.6. The van der Waals surface area contributed by atoms with Gasteiger partial charge < -0.3 is 5.32 Å². The van der Waals surface area contributed by atoms with Gasteiger partial charge in [0.15, 0.2) is 0 Å². The molecule has 2 unspecified atom stereocenters. The third-order valence-corrected chi connectivity index (χ3v) is 5.30. The van der Waals surface area contributed by atoms with E-state index in [0.29, 0.717) is 12.1 Å². The summed E-state index contributed by atoms with van der Waals surface area (Å²) in [5.41, 5.74) is 3.21. The van der Waals surface area contributed by atoms with Gasteiger partial charge in [-0.15, -0.1) is 0 Å². The molecular formula is C19H30N2. The van der Waals surface area contributed by atoms with Gasteiger partial charge in [-0.05, 0) is 69.5 Å². The molecule has 1 heterocycles. The van der Waals surface area contributed by atoms with Crippen LogP contribution in [0.25, 0.3) is 0 Å². The summed E-state index contributed by atoms with van der Waals surface area (Å²) in [6.07, 6.45) is 6.69. The molecule has 2 heteroatoms. The van der Waals surface area contributed by atoms with Crippen molar-refractivity contribution in [1.82, 2.24) is 10.2 Å². The van der Waals surface area contributed by atoms with Crippen molar-refractivity contribution < 1.29 is 0 Å². The number of benzene rings is 1. The number of rotatable bonds is 5. The number of nitrogens with zero attached hydrogens (tertiary/aromatic N) is 1. The lowest BCUT2D eigenvalue weighted by Gasteiger charge is -2.35. The van der Waals surface area contributed by atoms with Gasteiger partial charge in [0.2, 0.25) is 0 Å². The van der Waals surface area contributed by atoms with Crippen LogP contribution in [0, 0.1) is 0 Å². The highest BCUT2D eigenvalue weighted by atomic mass is 15.2. The van der Waals surface area contributed by atoms with Crippen molar-refractivity contribution in [3.05, 3.63) is 35.4 Å². The Balaban J connectivity index is 1.68. The van der Waals surface area contributed by atoms with Gasteiger partial charge in [-0.3, -0.25) is 4.90 Å². The lowest BCUT2D eigenvalue weighted by Crippen LogP contribution is -2.43. The molecule has 116 valence electrons. The SMILES string of the molecule is CC(C)N(CC1CCCN1)CC1CCCc2ccccc21. The Morgan fingerprint density at radius 2 is 2.00 bits per heavy atom. The Labute approximate surface area is 129 Å². The van der Waals surface area contributed by atoms with Gasteiger partial charge in [0.05, 0.1) is 0 Å². The Morgan fingerprint density at radius 1 is 1.14 bits per heavy atom. The Hall–Kier alpha value is -0.860. The van der Waals surface area contributed by atoms with Crippen LogP contribution in [0.5, 0.6) is 0 Å². The molecule has 2 nitrogen and oxygen atoms in total. The van der Waals surface area contributed by atoms with E-state index in [1.165, 1.54) is 51.7 Å². The average Bonchev–Trinajstić information content (AvgIpc) is 3.00. The summed E-state index contributed by atoms with van der Waals surface area (Å²) in [6, 6.07) is 10.5. The minimum absolute atomic E-state index is 0.640. The molecule has 3 rings (SSSR count). The first-order valence-electron chi connectivity index (χ1n) is 8.79. The van der Waals surface area contributed by atoms with Crippen LogP contribution in [0.1, 0.15) is 56.6 Å². The van der Waals surface area contributed by atoms with Gasteiger partial charge >= 0.3 is 0 Å². The van der Waals surface area contributed by atoms with Crippen molar-refractivity contribution in [2.45, 2.75) is 64.0 Å². The van der Waals surface area contributed by atoms with Crippen molar-refractivity contribution in [1.29, 1.82) is 0 Å². The van der Waals surface area contributed by atoms with Crippen molar-refractivity contribution in [3.8, 4) is 0 Å². The molecular weight excluding hydrogens is 256 g/mol. The highest BCUT2D eigenvalue weighted by molar-refractivity contribution is 5.32. The standard InChI is InChI=1S/C19H30N2/c1-15(2)21(14-18-10-6-12-20-18)13-17-9-5-8-16-7-3-4-11-19(16)17/h3-4,7,11,15,17-18,20H,5-6,8-10,12-14H2,1-2H3. The summed E-state index contributed by atoms with van der Waals surface area (Å²) < 4.78 is 0. The topological polar surface area (TPSA) is 15.3 Å². The molecule has 2 aliphatic rings. The molecule has 1 aromatic carbocycles. The van der Waals surface area contributed by atoms with Gasteiger partial charge in [0.1, 0.15) is 0 Å². The fourth-order valence-electron chi connectivity index (χ4n) is 4.02. The van der Waals surface area contributed by atoms with Crippen LogP contribution in [0.2, 0.25) is 0 Å². The summed E-state index contributed by atoms with van der Waals surface area (Å²) in [5, 5.41) is 3.66. The molecule has 0 radical (unpaired) electrons. The second kappa shape index (κ2) is 6.93. The number of nitrogens with one attached hydrogen (secondary N) is 1. The van der Waals surface area contributed by atoms with Crippen LogP contribution >= 0.6 is 0 Å². The van der Waals surface area contributed by atoms with Crippen LogP contribution in [0.3, 0.4) is 0 Å². The number of aryl methyl sites for hydroxylation is 1. The first kappa shape index (κ1) is 15.1. The fourth-order valence-corrected chi connectivity index (χ4v) is 4.02. The summed E-state index contributed by atoms with van der Waals surface area (Å²) in [7, 11) is 0. The number of hydrogen-bond acceptors (Lipinski definition) is 2. The highest BCUT2D eigenvalue weighted by Crippen LogP contribution is 2.32. The van der Waals surface area contributed by atoms with E-state index in [9.17, 15) is 0 Å². The molecule has 0 saturated carbocycles. The molecule has 1 fully saturated rings. The van der Waals surface area contributed by atoms with E-state index in [-0.39, 0.29) is 0 Å². The van der Waals surface area contributed by atoms with Gasteiger partial charge in [-0.25, -0.2) is 0 Å². The summed E-state index contributed by atoms with van der Waals surface area (Å²) in [6.45, 7) is 8.36. The van der Waals surface area contributed by atoms with Crippen molar-refractivity contribution in [2.24, 2.45) is 0 Å². The molecule has 0 spiro atoms. The van der Waals surface area contributed by atoms with Gasteiger partial charge in [-0.2, -0.15) is 0 Å². The second-order valence-electron chi connectivity index (χ2n) is 7.13. The smallest absolute Gasteiger partial charge is 0.0195 e. The maximum absolute atomic E-state index is 3.66. The van der Waals surface area contributed by atoms with E-state index < -0.39 is 0 Å². The molecule has 1 N–H and O–H groups in total. The third kappa shape index (κ3) is 3.67. The molecule has 2 atom stereocenters. The molecule has 0 bridgehead atoms. The maximum atomic E-state index is 3.66. The summed E-state index contributed by atoms with van der Waals surface area (Å²) in [4.78, 5) is 2.70. The lowest BCUT2D eigenvalue weighted by molar-refractivity contribution is 0.185. The van der Waals surface area contributed by atoms with E-state index in [1.54, 1.807) is 11.1 Å². The van der Waals surface area contributed by atoms with Crippen LogP contribution in [-0.2, 0) is 6.42 Å². The minimum Gasteiger partial charge on any atom is -0.313 e. The van der Waals surface area contributed by atoms with Crippen LogP contribution in [0.4, 0.5) is 0 Å². The predicted molar refractivity (Wildman–Crippen MR) is 89.9 cm³/mol. The van der Waals surface area contributed by atoms with E-state index in [4.69, 9.17) is 0 Å². The zero-order valence-electron chi connectivity index (χ0n) is 13.6. The first-order valence-corrected chi connectivity index (χ1v) is 8.79. The third-order valence-electron chi connectivity index (χ3n) is 5.30. The summed E-state index contributed by atoms with van der Waals surface area (Å²) >= 11 is 0. The van der Waals surface area contributed by atoms with Crippen LogP contribution in [0.15, 0.2) is 24.3 Å². The van der Waals surface area contributed by atoms with Crippen molar-refractivity contribution in [3.63, 3.8) is 0 Å². The molecule has 1 aliphatic carbocycles. The van der Waals surface area contributed by atoms with Crippen molar-refractivity contribution >= 4 is 0 Å². The van der Waals surface area contributed by atoms with E-state index >= 15 is 0 Å². The Bertz CT molecular complexity index is 449. The molecule has 21 heavy (non-hydrogen) atoms. The van der Waals surface area contributed by atoms with Crippen LogP contribution in [-0.4, -0.2) is 36.6 Å². The molecule has 1 saturated heterocycles. The van der Waals surface area contributed by atoms with Gasteiger partial charge in [0, 0.05) is 25.2 Å². The molecule has 1 aliphatic heterocycles. The monoisotopic (exact) mass is 286 g/mol. The summed E-state index contributed by atoms with van der Waals surface area (Å²) in [5.74, 6) is 0.735. The number of fused-ring (bicyclic) bond motifs is 1. The Morgan fingerprint density at radius 3 is 2.76 bits per heavy atom. The molecule has 1 aromatic rings. The quantitative estimate of drug-likeness (QED) is 0.890. The average molecular weight is 286 g/mol. The largest absolute Gasteiger partial charge is 0.313 e. The van der Waals surface area contributed by atoms with Crippen LogP contribution < -0.4 is 5.32 Å². The first-order chi connectivity index (χ1) is 10.2. The highest BCUT2D eigenvalue weighted by Gasteiger charge is 2.25. The number of hydrogen-bond donors (Lipinski definition) is 1. The molecule has 0 aromatic heterocycles. The van der Waals surface area contributed by atoms with E-state index in [0.717, 1.165) is 5.92 Å². The lowest BCUT2D eigenvalue weighted by atomic mass is 9.82. The van der Waals surface area contributed by atoms with Gasteiger partial charge in [0.25, 0.3) is 0 Å². The maximum Gasteiger partial charge on any atom is 0.0195 e. The minimum atomic E-state index is 0.640. The second-order valence-corrected chi connectivity index (χ2v) is 7.13. The van der Waals surface area contributed by atoms with E-state index in [1.807, 2.05) is 0 Å². The zero-order chi connectivity index (χ0) is 14.7. The fraction of sp³-hybridized carbons (Fsp3) is 0.684. The van der Waals surface area contributed by atoms with Gasteiger partial charge in [-0.1, -0.05) is 24.3 Å². The predicted octanol–water partition coefficient (Wildman–Crippen LogP) is 3.57. The Kier molecular flexibility index (Phi) is 4.97. The normalized spacial score (nSPS) is 25.5.